The molecule has 0 bridgehead atoms. The molecule has 2 rings (SSSR count). The molecule has 1 saturated heterocycles. The summed E-state index contributed by atoms with van der Waals surface area (Å²) in [5.41, 5.74) is 1.40. The maximum Gasteiger partial charge on any atom is 0.222 e. The van der Waals surface area contributed by atoms with E-state index >= 15 is 0 Å². The zero-order valence-corrected chi connectivity index (χ0v) is 14.0. The summed E-state index contributed by atoms with van der Waals surface area (Å²) in [7, 11) is 3.66. The van der Waals surface area contributed by atoms with Crippen LogP contribution in [0, 0.1) is 0 Å². The second-order valence-corrected chi connectivity index (χ2v) is 6.35. The zero-order valence-electron chi connectivity index (χ0n) is 14.0. The van der Waals surface area contributed by atoms with Gasteiger partial charge in [0, 0.05) is 53.2 Å². The lowest BCUT2D eigenvalue weighted by Gasteiger charge is -2.34. The van der Waals surface area contributed by atoms with Crippen LogP contribution in [-0.2, 0) is 11.3 Å². The number of rotatable bonds is 7. The average Bonchev–Trinajstić information content (AvgIpc) is 2.53. The first-order valence-corrected chi connectivity index (χ1v) is 8.34. The molecule has 0 aromatic heterocycles. The first-order valence-electron chi connectivity index (χ1n) is 8.34. The molecule has 1 heterocycles. The number of nitrogens with zero attached hydrogens (tertiary/aromatic N) is 3. The van der Waals surface area contributed by atoms with Gasteiger partial charge in [-0.05, 0) is 24.9 Å². The van der Waals surface area contributed by atoms with Crippen molar-refractivity contribution in [3.05, 3.63) is 35.9 Å². The Morgan fingerprint density at radius 2 is 1.64 bits per heavy atom. The van der Waals surface area contributed by atoms with Crippen molar-refractivity contribution in [1.29, 1.82) is 0 Å². The monoisotopic (exact) mass is 303 g/mol. The fourth-order valence-corrected chi connectivity index (χ4v) is 2.85. The lowest BCUT2D eigenvalue weighted by atomic mass is 10.2. The zero-order chi connectivity index (χ0) is 15.8. The van der Waals surface area contributed by atoms with E-state index in [4.69, 9.17) is 0 Å². The summed E-state index contributed by atoms with van der Waals surface area (Å²) in [5, 5.41) is 0. The largest absolute Gasteiger partial charge is 0.349 e. The highest BCUT2D eigenvalue weighted by atomic mass is 16.2. The number of unbranched alkanes of at least 4 members (excludes halogenated alkanes) is 1. The van der Waals surface area contributed by atoms with Crippen molar-refractivity contribution in [2.75, 3.05) is 46.8 Å². The van der Waals surface area contributed by atoms with E-state index in [1.165, 1.54) is 5.56 Å². The van der Waals surface area contributed by atoms with Crippen LogP contribution in [0.15, 0.2) is 30.3 Å². The van der Waals surface area contributed by atoms with Gasteiger partial charge in [-0.3, -0.25) is 9.69 Å². The minimum atomic E-state index is 0.243. The molecular weight excluding hydrogens is 274 g/mol. The van der Waals surface area contributed by atoms with E-state index in [0.29, 0.717) is 6.42 Å². The Balaban J connectivity index is 1.58. The maximum atomic E-state index is 11.5. The van der Waals surface area contributed by atoms with Crippen LogP contribution in [0.5, 0.6) is 0 Å². The number of hydrogen-bond donors (Lipinski definition) is 0. The van der Waals surface area contributed by atoms with E-state index in [1.54, 1.807) is 4.90 Å². The number of piperazine rings is 1. The highest BCUT2D eigenvalue weighted by Gasteiger charge is 2.16. The van der Waals surface area contributed by atoms with Gasteiger partial charge in [-0.15, -0.1) is 0 Å². The van der Waals surface area contributed by atoms with Crippen molar-refractivity contribution in [3.8, 4) is 0 Å². The predicted molar refractivity (Wildman–Crippen MR) is 90.7 cm³/mol. The maximum absolute atomic E-state index is 11.5. The fraction of sp³-hybridized carbons (Fsp3) is 0.611. The van der Waals surface area contributed by atoms with Crippen molar-refractivity contribution in [3.63, 3.8) is 0 Å². The Bertz CT molecular complexity index is 439. The molecule has 122 valence electrons. The number of hydrogen-bond acceptors (Lipinski definition) is 3. The predicted octanol–water partition coefficient (Wildman–Crippen LogP) is 2.06. The van der Waals surface area contributed by atoms with Gasteiger partial charge in [-0.25, -0.2) is 0 Å². The molecule has 1 amide bonds. The SMILES string of the molecule is CN(C)C(=O)CCCCN1CCN(Cc2ccccc2)CC1. The van der Waals surface area contributed by atoms with E-state index in [2.05, 4.69) is 40.1 Å². The van der Waals surface area contributed by atoms with Crippen LogP contribution in [-0.4, -0.2) is 67.4 Å². The van der Waals surface area contributed by atoms with Crippen molar-refractivity contribution < 1.29 is 4.79 Å². The molecule has 0 saturated carbocycles. The molecule has 1 aromatic carbocycles. The van der Waals surface area contributed by atoms with Crippen LogP contribution in [0.4, 0.5) is 0 Å². The van der Waals surface area contributed by atoms with Crippen molar-refractivity contribution >= 4 is 5.91 Å². The molecule has 0 N–H and O–H groups in total. The Labute approximate surface area is 134 Å². The van der Waals surface area contributed by atoms with Gasteiger partial charge in [0.05, 0.1) is 0 Å². The Hall–Kier alpha value is -1.39. The van der Waals surface area contributed by atoms with Gasteiger partial charge in [-0.2, -0.15) is 0 Å². The van der Waals surface area contributed by atoms with Gasteiger partial charge >= 0.3 is 0 Å². The molecule has 0 unspecified atom stereocenters. The molecule has 4 nitrogen and oxygen atoms in total. The summed E-state index contributed by atoms with van der Waals surface area (Å²) in [6, 6.07) is 10.7. The van der Waals surface area contributed by atoms with Gasteiger partial charge in [0.15, 0.2) is 0 Å². The van der Waals surface area contributed by atoms with E-state index < -0.39 is 0 Å². The average molecular weight is 303 g/mol. The first-order chi connectivity index (χ1) is 10.6. The van der Waals surface area contributed by atoms with E-state index in [0.717, 1.165) is 52.1 Å². The van der Waals surface area contributed by atoms with Crippen molar-refractivity contribution in [2.24, 2.45) is 0 Å². The van der Waals surface area contributed by atoms with E-state index in [9.17, 15) is 4.79 Å². The molecule has 0 radical (unpaired) electrons. The molecule has 1 aromatic rings. The standard InChI is InChI=1S/C18H29N3O/c1-19(2)18(22)10-6-7-11-20-12-14-21(15-13-20)16-17-8-4-3-5-9-17/h3-5,8-9H,6-7,10-16H2,1-2H3. The summed E-state index contributed by atoms with van der Waals surface area (Å²) in [6.45, 7) is 6.77. The summed E-state index contributed by atoms with van der Waals surface area (Å²) in [5.74, 6) is 0.243. The van der Waals surface area contributed by atoms with Crippen molar-refractivity contribution in [2.45, 2.75) is 25.8 Å². The highest BCUT2D eigenvalue weighted by molar-refractivity contribution is 5.75. The molecule has 1 aliphatic rings. The van der Waals surface area contributed by atoms with Crippen LogP contribution in [0.1, 0.15) is 24.8 Å². The van der Waals surface area contributed by atoms with Crippen LogP contribution in [0.25, 0.3) is 0 Å². The second-order valence-electron chi connectivity index (χ2n) is 6.35. The van der Waals surface area contributed by atoms with Gasteiger partial charge in [-0.1, -0.05) is 30.3 Å². The van der Waals surface area contributed by atoms with Gasteiger partial charge in [0.25, 0.3) is 0 Å². The molecular formula is C18H29N3O. The van der Waals surface area contributed by atoms with Gasteiger partial charge in [0.2, 0.25) is 5.91 Å². The molecule has 4 heteroatoms. The lowest BCUT2D eigenvalue weighted by molar-refractivity contribution is -0.128. The Kier molecular flexibility index (Phi) is 6.87. The molecule has 0 atom stereocenters. The third-order valence-electron chi connectivity index (χ3n) is 4.33. The van der Waals surface area contributed by atoms with Crippen LogP contribution in [0.3, 0.4) is 0 Å². The minimum absolute atomic E-state index is 0.243. The van der Waals surface area contributed by atoms with Gasteiger partial charge < -0.3 is 9.80 Å². The normalized spacial score (nSPS) is 16.6. The lowest BCUT2D eigenvalue weighted by Crippen LogP contribution is -2.46. The topological polar surface area (TPSA) is 26.8 Å². The Morgan fingerprint density at radius 3 is 2.27 bits per heavy atom. The summed E-state index contributed by atoms with van der Waals surface area (Å²) in [4.78, 5) is 18.3. The van der Waals surface area contributed by atoms with Gasteiger partial charge in [0.1, 0.15) is 0 Å². The molecule has 0 spiro atoms. The van der Waals surface area contributed by atoms with Crippen LogP contribution in [0.2, 0.25) is 0 Å². The van der Waals surface area contributed by atoms with E-state index in [1.807, 2.05) is 14.1 Å². The van der Waals surface area contributed by atoms with E-state index in [-0.39, 0.29) is 5.91 Å². The quantitative estimate of drug-likeness (QED) is 0.722. The summed E-state index contributed by atoms with van der Waals surface area (Å²) < 4.78 is 0. The summed E-state index contributed by atoms with van der Waals surface area (Å²) >= 11 is 0. The number of carbonyl (C=O) groups is 1. The molecule has 0 aliphatic carbocycles. The fourth-order valence-electron chi connectivity index (χ4n) is 2.85. The molecule has 1 fully saturated rings. The smallest absolute Gasteiger partial charge is 0.222 e. The second kappa shape index (κ2) is 8.91. The number of benzene rings is 1. The summed E-state index contributed by atoms with van der Waals surface area (Å²) in [6.07, 6.45) is 2.81. The third kappa shape index (κ3) is 5.78. The first kappa shape index (κ1) is 17.0. The highest BCUT2D eigenvalue weighted by Crippen LogP contribution is 2.09. The van der Waals surface area contributed by atoms with Crippen LogP contribution >= 0.6 is 0 Å². The Morgan fingerprint density at radius 1 is 1.00 bits per heavy atom. The number of carbonyl (C=O) groups excluding carboxylic acids is 1. The molecule has 1 aliphatic heterocycles. The van der Waals surface area contributed by atoms with Crippen LogP contribution < -0.4 is 0 Å². The molecule has 22 heavy (non-hydrogen) atoms. The van der Waals surface area contributed by atoms with Crippen molar-refractivity contribution in [1.82, 2.24) is 14.7 Å². The minimum Gasteiger partial charge on any atom is -0.349 e. The number of amides is 1. The third-order valence-corrected chi connectivity index (χ3v) is 4.33.